The molecule has 0 amide bonds. The Kier molecular flexibility index (Phi) is 7.41. The summed E-state index contributed by atoms with van der Waals surface area (Å²) in [5, 5.41) is 0. The molecule has 164 valence electrons. The van der Waals surface area contributed by atoms with Gasteiger partial charge < -0.3 is 9.34 Å². The number of para-hydroxylation sites is 2. The summed E-state index contributed by atoms with van der Waals surface area (Å²) in [6, 6.07) is 13.6. The molecule has 0 aliphatic carbocycles. The summed E-state index contributed by atoms with van der Waals surface area (Å²) in [7, 11) is -0.969. The maximum absolute atomic E-state index is 7.34. The first-order chi connectivity index (χ1) is 14.1. The molecule has 2 aromatic carbocycles. The normalized spacial score (nSPS) is 15.5. The van der Waals surface area contributed by atoms with Crippen LogP contribution < -0.4 is 9.34 Å². The minimum Gasteiger partial charge on any atom is -0.319 e. The van der Waals surface area contributed by atoms with Crippen LogP contribution in [0.25, 0.3) is 0 Å². The van der Waals surface area contributed by atoms with E-state index >= 15 is 0 Å². The van der Waals surface area contributed by atoms with Gasteiger partial charge in [-0.15, -0.1) is 0 Å². The van der Waals surface area contributed by atoms with E-state index in [1.807, 2.05) is 0 Å². The van der Waals surface area contributed by atoms with E-state index in [1.165, 1.54) is 33.6 Å². The third-order valence-electron chi connectivity index (χ3n) is 6.12. The molecule has 1 aliphatic heterocycles. The predicted molar refractivity (Wildman–Crippen MR) is 137 cm³/mol. The number of hydrogen-bond acceptors (Lipinski definition) is 2. The fourth-order valence-electron chi connectivity index (χ4n) is 4.49. The van der Waals surface area contributed by atoms with Gasteiger partial charge in [-0.05, 0) is 57.2 Å². The summed E-state index contributed by atoms with van der Waals surface area (Å²) < 4.78 is 5.01. The van der Waals surface area contributed by atoms with E-state index < -0.39 is 7.58 Å². The summed E-state index contributed by atoms with van der Waals surface area (Å²) in [4.78, 5) is 0. The van der Waals surface area contributed by atoms with Crippen molar-refractivity contribution in [1.82, 2.24) is 0 Å². The van der Waals surface area contributed by atoms with Gasteiger partial charge >= 0.3 is 0 Å². The average molecular weight is 445 g/mol. The van der Waals surface area contributed by atoms with Gasteiger partial charge in [0.15, 0.2) is 7.58 Å². The topological polar surface area (TPSA) is 6.48 Å². The van der Waals surface area contributed by atoms with Crippen LogP contribution in [0.4, 0.5) is 11.4 Å². The molecule has 0 radical (unpaired) electrons. The standard InChI is InChI=1S/C26H38ClN2P/c1-17(2)21-11-9-12-22(18(3)4)25(21)28-15-16-29(30(28)27)26-23(19(5)6)13-10-14-24(26)20(7)8/h9-14,17-20H,15-16H2,1-8H3. The van der Waals surface area contributed by atoms with Gasteiger partial charge in [-0.25, -0.2) is 0 Å². The smallest absolute Gasteiger partial charge is 0.197 e. The summed E-state index contributed by atoms with van der Waals surface area (Å²) in [5.41, 5.74) is 8.41. The number of rotatable bonds is 6. The average Bonchev–Trinajstić information content (AvgIpc) is 3.07. The van der Waals surface area contributed by atoms with Gasteiger partial charge in [0.2, 0.25) is 0 Å². The van der Waals surface area contributed by atoms with Gasteiger partial charge in [0.1, 0.15) is 0 Å². The lowest BCUT2D eigenvalue weighted by Crippen LogP contribution is -2.17. The minimum absolute atomic E-state index is 0.474. The zero-order valence-corrected chi connectivity index (χ0v) is 21.6. The Hall–Kier alpha value is -1.24. The Morgan fingerprint density at radius 2 is 0.867 bits per heavy atom. The molecule has 4 heteroatoms. The molecule has 1 saturated heterocycles. The number of nitrogens with zero attached hydrogens (tertiary/aromatic N) is 2. The van der Waals surface area contributed by atoms with Crippen molar-refractivity contribution >= 4 is 30.2 Å². The molecule has 0 N–H and O–H groups in total. The molecule has 30 heavy (non-hydrogen) atoms. The maximum atomic E-state index is 7.34. The highest BCUT2D eigenvalue weighted by Gasteiger charge is 2.37. The van der Waals surface area contributed by atoms with Crippen molar-refractivity contribution < 1.29 is 0 Å². The molecule has 1 aliphatic rings. The van der Waals surface area contributed by atoms with Crippen LogP contribution in [0.1, 0.15) is 101 Å². The highest BCUT2D eigenvalue weighted by Crippen LogP contribution is 2.60. The third-order valence-corrected chi connectivity index (χ3v) is 8.82. The molecule has 2 aromatic rings. The van der Waals surface area contributed by atoms with Crippen LogP contribution in [0.3, 0.4) is 0 Å². The van der Waals surface area contributed by atoms with Crippen molar-refractivity contribution in [2.24, 2.45) is 0 Å². The van der Waals surface area contributed by atoms with Crippen molar-refractivity contribution in [2.75, 3.05) is 22.4 Å². The lowest BCUT2D eigenvalue weighted by Gasteiger charge is -2.34. The second kappa shape index (κ2) is 9.49. The minimum atomic E-state index is -0.969. The van der Waals surface area contributed by atoms with Crippen molar-refractivity contribution in [1.29, 1.82) is 0 Å². The van der Waals surface area contributed by atoms with Crippen LogP contribution >= 0.6 is 18.8 Å². The van der Waals surface area contributed by atoms with E-state index in [1.54, 1.807) is 0 Å². The molecule has 3 rings (SSSR count). The number of benzene rings is 2. The molecule has 1 fully saturated rings. The predicted octanol–water partition coefficient (Wildman–Crippen LogP) is 8.97. The Morgan fingerprint density at radius 1 is 0.600 bits per heavy atom. The van der Waals surface area contributed by atoms with Crippen LogP contribution in [0.5, 0.6) is 0 Å². The van der Waals surface area contributed by atoms with Crippen molar-refractivity contribution in [2.45, 2.75) is 79.1 Å². The molecule has 0 atom stereocenters. The number of anilines is 2. The van der Waals surface area contributed by atoms with Crippen molar-refractivity contribution in [3.63, 3.8) is 0 Å². The van der Waals surface area contributed by atoms with E-state index in [-0.39, 0.29) is 0 Å². The SMILES string of the molecule is CC(C)c1cccc(C(C)C)c1N1CCN(c2c(C(C)C)cccc2C(C)C)P1Cl. The second-order valence-corrected chi connectivity index (χ2v) is 12.0. The van der Waals surface area contributed by atoms with Crippen LogP contribution in [0.15, 0.2) is 36.4 Å². The molecule has 0 spiro atoms. The van der Waals surface area contributed by atoms with E-state index in [4.69, 9.17) is 11.2 Å². The fraction of sp³-hybridized carbons (Fsp3) is 0.538. The number of hydrogen-bond donors (Lipinski definition) is 0. The lowest BCUT2D eigenvalue weighted by molar-refractivity contribution is 0.821. The highest BCUT2D eigenvalue weighted by molar-refractivity contribution is 7.86. The first-order valence-corrected chi connectivity index (χ1v) is 13.6. The molecule has 2 nitrogen and oxygen atoms in total. The lowest BCUT2D eigenvalue weighted by atomic mass is 9.92. The van der Waals surface area contributed by atoms with Gasteiger partial charge in [0.05, 0.1) is 0 Å². The van der Waals surface area contributed by atoms with Crippen LogP contribution in [0.2, 0.25) is 0 Å². The zero-order valence-electron chi connectivity index (χ0n) is 19.9. The molecule has 0 saturated carbocycles. The third kappa shape index (κ3) is 4.37. The van der Waals surface area contributed by atoms with Crippen LogP contribution in [0, 0.1) is 0 Å². The van der Waals surface area contributed by atoms with Crippen LogP contribution in [-0.2, 0) is 0 Å². The Labute approximate surface area is 190 Å². The summed E-state index contributed by atoms with van der Waals surface area (Å²) in [6.07, 6.45) is 0. The fourth-order valence-corrected chi connectivity index (χ4v) is 6.96. The Balaban J connectivity index is 2.11. The monoisotopic (exact) mass is 444 g/mol. The summed E-state index contributed by atoms with van der Waals surface area (Å²) >= 11 is 7.34. The largest absolute Gasteiger partial charge is 0.319 e. The Bertz CT molecular complexity index is 751. The van der Waals surface area contributed by atoms with E-state index in [2.05, 4.69) is 101 Å². The molecule has 0 aromatic heterocycles. The maximum Gasteiger partial charge on any atom is 0.197 e. The Morgan fingerprint density at radius 3 is 1.10 bits per heavy atom. The van der Waals surface area contributed by atoms with Gasteiger partial charge in [-0.2, -0.15) is 0 Å². The van der Waals surface area contributed by atoms with Crippen molar-refractivity contribution in [3.8, 4) is 0 Å². The number of halogens is 1. The quantitative estimate of drug-likeness (QED) is 0.410. The van der Waals surface area contributed by atoms with Gasteiger partial charge in [0, 0.05) is 24.5 Å². The van der Waals surface area contributed by atoms with Crippen LogP contribution in [-0.4, -0.2) is 13.1 Å². The molecular formula is C26H38ClN2P. The van der Waals surface area contributed by atoms with Crippen molar-refractivity contribution in [3.05, 3.63) is 58.7 Å². The first kappa shape index (κ1) is 23.4. The zero-order chi connectivity index (χ0) is 22.2. The first-order valence-electron chi connectivity index (χ1n) is 11.4. The van der Waals surface area contributed by atoms with Gasteiger partial charge in [0.25, 0.3) is 0 Å². The van der Waals surface area contributed by atoms with Gasteiger partial charge in [-0.1, -0.05) is 91.8 Å². The molecule has 0 unspecified atom stereocenters. The van der Waals surface area contributed by atoms with Gasteiger partial charge in [-0.3, -0.25) is 0 Å². The molecule has 0 bridgehead atoms. The second-order valence-electron chi connectivity index (χ2n) is 9.68. The van der Waals surface area contributed by atoms with E-state index in [9.17, 15) is 0 Å². The molecule has 1 heterocycles. The highest BCUT2D eigenvalue weighted by atomic mass is 35.7. The summed E-state index contributed by atoms with van der Waals surface area (Å²) in [5.74, 6) is 1.90. The van der Waals surface area contributed by atoms with E-state index in [0.29, 0.717) is 23.7 Å². The molecular weight excluding hydrogens is 407 g/mol. The van der Waals surface area contributed by atoms with E-state index in [0.717, 1.165) is 13.1 Å². The summed E-state index contributed by atoms with van der Waals surface area (Å²) in [6.45, 7) is 20.3.